The van der Waals surface area contributed by atoms with Crippen LogP contribution in [-0.2, 0) is 25.8 Å². The Bertz CT molecular complexity index is 978. The Hall–Kier alpha value is -3.06. The molecule has 3 heterocycles. The molecular weight excluding hydrogens is 338 g/mol. The van der Waals surface area contributed by atoms with Crippen LogP contribution < -0.4 is 22.1 Å². The Labute approximate surface area is 157 Å². The Morgan fingerprint density at radius 1 is 1.19 bits per heavy atom. The minimum absolute atomic E-state index is 0.509. The number of hydrazine groups is 2. The first-order chi connectivity index (χ1) is 13.2. The zero-order valence-corrected chi connectivity index (χ0v) is 15.1. The first-order valence-corrected chi connectivity index (χ1v) is 9.39. The average molecular weight is 361 g/mol. The summed E-state index contributed by atoms with van der Waals surface area (Å²) in [7, 11) is 0. The van der Waals surface area contributed by atoms with E-state index in [4.69, 9.17) is 5.73 Å². The molecule has 0 amide bonds. The van der Waals surface area contributed by atoms with Crippen LogP contribution in [0.15, 0.2) is 42.7 Å². The van der Waals surface area contributed by atoms with Gasteiger partial charge in [0, 0.05) is 19.2 Å². The summed E-state index contributed by atoms with van der Waals surface area (Å²) < 4.78 is 2.09. The number of anilines is 3. The van der Waals surface area contributed by atoms with Crippen molar-refractivity contribution in [1.82, 2.24) is 20.3 Å². The van der Waals surface area contributed by atoms with Crippen LogP contribution in [0.2, 0.25) is 0 Å². The van der Waals surface area contributed by atoms with Crippen LogP contribution >= 0.6 is 0 Å². The molecule has 0 saturated carbocycles. The molecule has 3 aromatic rings. The second-order valence-corrected chi connectivity index (χ2v) is 7.43. The van der Waals surface area contributed by atoms with Gasteiger partial charge in [-0.05, 0) is 53.5 Å². The molecule has 5 N–H and O–H groups in total. The fourth-order valence-electron chi connectivity index (χ4n) is 4.15. The number of hydrogen-bond donors (Lipinski definition) is 4. The van der Waals surface area contributed by atoms with E-state index in [0.717, 1.165) is 36.5 Å². The predicted octanol–water partition coefficient (Wildman–Crippen LogP) is 2.51. The van der Waals surface area contributed by atoms with E-state index in [9.17, 15) is 0 Å². The molecule has 7 heteroatoms. The molecular formula is C20H23N7. The topological polar surface area (TPSA) is 92.8 Å². The van der Waals surface area contributed by atoms with Crippen LogP contribution in [0, 0.1) is 5.92 Å². The van der Waals surface area contributed by atoms with Crippen molar-refractivity contribution in [2.45, 2.75) is 32.2 Å². The van der Waals surface area contributed by atoms with E-state index >= 15 is 0 Å². The maximum Gasteiger partial charge on any atom is 0.169 e. The maximum absolute atomic E-state index is 5.93. The predicted molar refractivity (Wildman–Crippen MR) is 106 cm³/mol. The monoisotopic (exact) mass is 361 g/mol. The maximum atomic E-state index is 5.93. The van der Waals surface area contributed by atoms with Gasteiger partial charge in [-0.2, -0.15) is 5.10 Å². The van der Waals surface area contributed by atoms with Crippen molar-refractivity contribution in [2.24, 2.45) is 5.92 Å². The zero-order chi connectivity index (χ0) is 18.2. The van der Waals surface area contributed by atoms with Crippen LogP contribution in [0.3, 0.4) is 0 Å². The van der Waals surface area contributed by atoms with E-state index in [1.54, 1.807) is 0 Å². The first-order valence-electron chi connectivity index (χ1n) is 9.39. The molecule has 27 heavy (non-hydrogen) atoms. The molecule has 0 fully saturated rings. The fourth-order valence-corrected chi connectivity index (χ4v) is 4.15. The largest absolute Gasteiger partial charge is 0.384 e. The quantitative estimate of drug-likeness (QED) is 0.571. The Kier molecular flexibility index (Phi) is 3.94. The van der Waals surface area contributed by atoms with Crippen LogP contribution in [0.1, 0.15) is 28.7 Å². The smallest absolute Gasteiger partial charge is 0.169 e. The van der Waals surface area contributed by atoms with Crippen molar-refractivity contribution >= 4 is 17.3 Å². The molecule has 1 aromatic carbocycles. The third-order valence-corrected chi connectivity index (χ3v) is 5.46. The molecule has 0 spiro atoms. The van der Waals surface area contributed by atoms with Gasteiger partial charge in [0.25, 0.3) is 0 Å². The zero-order valence-electron chi connectivity index (χ0n) is 15.1. The number of nitrogens with two attached hydrogens (primary N) is 1. The number of aromatic nitrogens is 3. The van der Waals surface area contributed by atoms with Crippen molar-refractivity contribution in [1.29, 1.82) is 0 Å². The molecule has 1 aliphatic carbocycles. The van der Waals surface area contributed by atoms with Crippen molar-refractivity contribution in [3.63, 3.8) is 0 Å². The lowest BCUT2D eigenvalue weighted by Crippen LogP contribution is -2.19. The minimum atomic E-state index is 0.509. The number of aryl methyl sites for hydroxylation is 1. The molecule has 0 saturated heterocycles. The summed E-state index contributed by atoms with van der Waals surface area (Å²) in [5.41, 5.74) is 21.1. The van der Waals surface area contributed by atoms with Gasteiger partial charge >= 0.3 is 0 Å². The minimum Gasteiger partial charge on any atom is -0.384 e. The fraction of sp³-hybridized carbons (Fsp3) is 0.300. The van der Waals surface area contributed by atoms with Gasteiger partial charge in [0.05, 0.1) is 11.9 Å². The van der Waals surface area contributed by atoms with Gasteiger partial charge in [0.2, 0.25) is 0 Å². The second-order valence-electron chi connectivity index (χ2n) is 7.43. The molecule has 7 nitrogen and oxygen atoms in total. The van der Waals surface area contributed by atoms with E-state index in [1.165, 1.54) is 29.5 Å². The van der Waals surface area contributed by atoms with Crippen molar-refractivity contribution in [3.05, 3.63) is 65.0 Å². The number of nitrogens with one attached hydrogen (secondary N) is 3. The van der Waals surface area contributed by atoms with Crippen LogP contribution in [0.25, 0.3) is 0 Å². The van der Waals surface area contributed by atoms with Gasteiger partial charge in [0.15, 0.2) is 5.82 Å². The Morgan fingerprint density at radius 2 is 2.07 bits per heavy atom. The summed E-state index contributed by atoms with van der Waals surface area (Å²) in [6.07, 6.45) is 8.40. The number of fused-ring (bicyclic) bond motifs is 2. The lowest BCUT2D eigenvalue weighted by molar-refractivity contribution is 0.376. The number of nitrogen functional groups attached to an aromatic ring is 1. The highest BCUT2D eigenvalue weighted by Crippen LogP contribution is 2.30. The van der Waals surface area contributed by atoms with E-state index in [-0.39, 0.29) is 0 Å². The van der Waals surface area contributed by atoms with Crippen molar-refractivity contribution < 1.29 is 0 Å². The SMILES string of the molecule is Nc1cc(Cc2cnn(CC3CCc4ccccc4C3)c2)c2c(n1)NNN2. The molecule has 1 atom stereocenters. The van der Waals surface area contributed by atoms with Crippen LogP contribution in [-0.4, -0.2) is 14.8 Å². The molecule has 0 bridgehead atoms. The number of benzene rings is 1. The highest BCUT2D eigenvalue weighted by Gasteiger charge is 2.20. The van der Waals surface area contributed by atoms with E-state index in [1.807, 2.05) is 12.3 Å². The lowest BCUT2D eigenvalue weighted by Gasteiger charge is -2.24. The van der Waals surface area contributed by atoms with Crippen molar-refractivity contribution in [2.75, 3.05) is 16.6 Å². The normalized spacial score (nSPS) is 17.7. The highest BCUT2D eigenvalue weighted by atomic mass is 15.6. The Balaban J connectivity index is 1.29. The summed E-state index contributed by atoms with van der Waals surface area (Å²) in [6.45, 7) is 0.965. The number of nitrogens with zero attached hydrogens (tertiary/aromatic N) is 3. The molecule has 0 radical (unpaired) electrons. The third kappa shape index (κ3) is 3.21. The van der Waals surface area contributed by atoms with Crippen LogP contribution in [0.5, 0.6) is 0 Å². The lowest BCUT2D eigenvalue weighted by atomic mass is 9.84. The standard InChI is InChI=1S/C20H23N7/c21-18-9-17(19-20(23-18)25-26-24-19)8-14-10-22-27(12-14)11-13-5-6-15-3-1-2-4-16(15)7-13/h1-4,9-10,12-13,24,26H,5-8,11H2,(H3,21,23,25). The van der Waals surface area contributed by atoms with Gasteiger partial charge in [-0.15, -0.1) is 5.53 Å². The summed E-state index contributed by atoms with van der Waals surface area (Å²) in [4.78, 5) is 4.28. The molecule has 2 aliphatic rings. The van der Waals surface area contributed by atoms with Gasteiger partial charge in [0.1, 0.15) is 5.82 Å². The van der Waals surface area contributed by atoms with Gasteiger partial charge in [-0.3, -0.25) is 10.1 Å². The second kappa shape index (κ2) is 6.59. The highest BCUT2D eigenvalue weighted by molar-refractivity contribution is 5.74. The summed E-state index contributed by atoms with van der Waals surface area (Å²) >= 11 is 0. The number of hydrogen-bond acceptors (Lipinski definition) is 6. The molecule has 1 aliphatic heterocycles. The average Bonchev–Trinajstić information content (AvgIpc) is 3.31. The van der Waals surface area contributed by atoms with Gasteiger partial charge in [-0.25, -0.2) is 4.98 Å². The molecule has 1 unspecified atom stereocenters. The van der Waals surface area contributed by atoms with Crippen molar-refractivity contribution in [3.8, 4) is 0 Å². The molecule has 138 valence electrons. The van der Waals surface area contributed by atoms with Crippen LogP contribution in [0.4, 0.5) is 17.3 Å². The summed E-state index contributed by atoms with van der Waals surface area (Å²) in [5, 5.41) is 4.60. The molecule has 2 aromatic heterocycles. The van der Waals surface area contributed by atoms with Gasteiger partial charge in [-0.1, -0.05) is 24.3 Å². The first kappa shape index (κ1) is 16.1. The van der Waals surface area contributed by atoms with Gasteiger partial charge < -0.3 is 11.2 Å². The number of rotatable bonds is 4. The summed E-state index contributed by atoms with van der Waals surface area (Å²) in [6, 6.07) is 10.7. The summed E-state index contributed by atoms with van der Waals surface area (Å²) in [5.74, 6) is 1.89. The number of pyridine rings is 1. The van der Waals surface area contributed by atoms with E-state index in [2.05, 4.69) is 61.6 Å². The van der Waals surface area contributed by atoms with E-state index < -0.39 is 0 Å². The molecule has 5 rings (SSSR count). The third-order valence-electron chi connectivity index (χ3n) is 5.46. The Morgan fingerprint density at radius 3 is 3.00 bits per heavy atom. The van der Waals surface area contributed by atoms with E-state index in [0.29, 0.717) is 11.7 Å².